The van der Waals surface area contributed by atoms with E-state index in [4.69, 9.17) is 5.11 Å². The van der Waals surface area contributed by atoms with Crippen molar-refractivity contribution in [3.8, 4) is 0 Å². The van der Waals surface area contributed by atoms with Crippen LogP contribution in [0.5, 0.6) is 0 Å². The Bertz CT molecular complexity index is 1190. The van der Waals surface area contributed by atoms with E-state index in [1.165, 1.54) is 12.8 Å². The first-order chi connectivity index (χ1) is 18.3. The molecule has 2 aliphatic rings. The number of hydrogen-bond acceptors (Lipinski definition) is 6. The van der Waals surface area contributed by atoms with E-state index >= 15 is 0 Å². The maximum absolute atomic E-state index is 13.1. The number of rotatable bonds is 11. The molecule has 10 heteroatoms. The molecule has 2 heterocycles. The maximum Gasteiger partial charge on any atom is 0.303 e. The van der Waals surface area contributed by atoms with Crippen molar-refractivity contribution in [1.82, 2.24) is 10.6 Å². The van der Waals surface area contributed by atoms with E-state index < -0.39 is 21.9 Å². The van der Waals surface area contributed by atoms with Crippen LogP contribution < -0.4 is 20.3 Å². The summed E-state index contributed by atoms with van der Waals surface area (Å²) in [6.07, 6.45) is 4.91. The number of piperidine rings is 2. The molecule has 38 heavy (non-hydrogen) atoms. The first kappa shape index (κ1) is 27.9. The number of hydrogen-bond donors (Lipinski definition) is 4. The fourth-order valence-electron chi connectivity index (χ4n) is 5.49. The minimum absolute atomic E-state index is 0.0525. The van der Waals surface area contributed by atoms with Gasteiger partial charge >= 0.3 is 5.97 Å². The molecule has 2 fully saturated rings. The van der Waals surface area contributed by atoms with Gasteiger partial charge in [-0.1, -0.05) is 30.3 Å². The summed E-state index contributed by atoms with van der Waals surface area (Å²) < 4.78 is 28.8. The summed E-state index contributed by atoms with van der Waals surface area (Å²) >= 11 is 0. The lowest BCUT2D eigenvalue weighted by Gasteiger charge is -2.39. The lowest BCUT2D eigenvalue weighted by Crippen LogP contribution is -2.39. The number of aliphatic carboxylic acids is 1. The lowest BCUT2D eigenvalue weighted by molar-refractivity contribution is -0.137. The molecule has 2 saturated heterocycles. The van der Waals surface area contributed by atoms with Gasteiger partial charge in [0.05, 0.1) is 17.0 Å². The zero-order valence-corrected chi connectivity index (χ0v) is 22.5. The first-order valence-electron chi connectivity index (χ1n) is 13.4. The largest absolute Gasteiger partial charge is 0.481 e. The normalized spacial score (nSPS) is 17.2. The first-order valence-corrected chi connectivity index (χ1v) is 15.1. The van der Waals surface area contributed by atoms with Crippen LogP contribution in [0.25, 0.3) is 0 Å². The molecule has 0 aliphatic carbocycles. The monoisotopic (exact) mass is 542 g/mol. The second kappa shape index (κ2) is 13.1. The summed E-state index contributed by atoms with van der Waals surface area (Å²) in [5.41, 5.74) is 1.98. The van der Waals surface area contributed by atoms with Gasteiger partial charge in [0.2, 0.25) is 10.0 Å². The summed E-state index contributed by atoms with van der Waals surface area (Å²) in [6.45, 7) is 4.17. The molecule has 1 amide bonds. The van der Waals surface area contributed by atoms with Gasteiger partial charge in [-0.15, -0.1) is 0 Å². The van der Waals surface area contributed by atoms with Gasteiger partial charge in [0.15, 0.2) is 0 Å². The van der Waals surface area contributed by atoms with E-state index in [1.807, 2.05) is 12.1 Å². The number of amides is 1. The fraction of sp³-hybridized carbons (Fsp3) is 0.500. The van der Waals surface area contributed by atoms with Crippen molar-refractivity contribution in [2.75, 3.05) is 42.3 Å². The van der Waals surface area contributed by atoms with Gasteiger partial charge in [-0.2, -0.15) is 0 Å². The van der Waals surface area contributed by atoms with E-state index in [1.54, 1.807) is 36.4 Å². The van der Waals surface area contributed by atoms with Crippen LogP contribution in [0.1, 0.15) is 54.4 Å². The van der Waals surface area contributed by atoms with E-state index in [2.05, 4.69) is 20.3 Å². The zero-order valence-electron chi connectivity index (χ0n) is 21.7. The summed E-state index contributed by atoms with van der Waals surface area (Å²) in [6, 6.07) is 14.2. The minimum Gasteiger partial charge on any atom is -0.481 e. The molecular formula is C28H38N4O5S. The molecule has 9 nitrogen and oxygen atoms in total. The molecule has 0 bridgehead atoms. The van der Waals surface area contributed by atoms with Crippen molar-refractivity contribution in [2.45, 2.75) is 44.3 Å². The van der Waals surface area contributed by atoms with Gasteiger partial charge in [0, 0.05) is 31.7 Å². The Morgan fingerprint density at radius 2 is 1.66 bits per heavy atom. The van der Waals surface area contributed by atoms with Crippen molar-refractivity contribution in [1.29, 1.82) is 0 Å². The zero-order chi connectivity index (χ0) is 27.0. The van der Waals surface area contributed by atoms with Gasteiger partial charge in [-0.3, -0.25) is 14.3 Å². The minimum atomic E-state index is -3.78. The molecule has 0 spiro atoms. The fourth-order valence-corrected chi connectivity index (χ4v) is 6.70. The predicted octanol–water partition coefficient (Wildman–Crippen LogP) is 3.44. The van der Waals surface area contributed by atoms with Crippen molar-refractivity contribution in [3.05, 3.63) is 59.7 Å². The van der Waals surface area contributed by atoms with E-state index in [0.29, 0.717) is 17.9 Å². The van der Waals surface area contributed by atoms with Gasteiger partial charge in [0.25, 0.3) is 5.91 Å². The molecule has 0 aromatic heterocycles. The molecule has 0 atom stereocenters. The lowest BCUT2D eigenvalue weighted by atomic mass is 9.79. The average molecular weight is 543 g/mol. The summed E-state index contributed by atoms with van der Waals surface area (Å²) in [5, 5.41) is 15.0. The highest BCUT2D eigenvalue weighted by molar-refractivity contribution is 7.91. The second-order valence-electron chi connectivity index (χ2n) is 10.2. The standard InChI is InChI=1S/C28H38N4O5S/c33-27(34)7-4-14-30-28(35)25-9-8-24(32-17-12-23(13-18-32)22-10-15-29-16-11-22)19-26(25)31-38(36,37)20-21-5-2-1-3-6-21/h1-3,5-6,8-9,19,22-23,29,31H,4,7,10-18,20H2,(H,30,35)(H,33,34). The van der Waals surface area contributed by atoms with Gasteiger partial charge in [-0.25, -0.2) is 8.42 Å². The van der Waals surface area contributed by atoms with Gasteiger partial charge < -0.3 is 20.6 Å². The number of anilines is 2. The van der Waals surface area contributed by atoms with Crippen molar-refractivity contribution in [2.24, 2.45) is 11.8 Å². The Morgan fingerprint density at radius 3 is 2.34 bits per heavy atom. The number of carbonyl (C=O) groups is 2. The van der Waals surface area contributed by atoms with E-state index in [0.717, 1.165) is 50.6 Å². The number of sulfonamides is 1. The average Bonchev–Trinajstić information content (AvgIpc) is 2.91. The Kier molecular flexibility index (Phi) is 9.63. The number of carbonyl (C=O) groups excluding carboxylic acids is 1. The topological polar surface area (TPSA) is 128 Å². The van der Waals surface area contributed by atoms with Crippen LogP contribution in [-0.4, -0.2) is 58.1 Å². The van der Waals surface area contributed by atoms with E-state index in [9.17, 15) is 18.0 Å². The van der Waals surface area contributed by atoms with Crippen molar-refractivity contribution >= 4 is 33.3 Å². The number of carboxylic acid groups (broad SMARTS) is 1. The Hall–Kier alpha value is -3.11. The van der Waals surface area contributed by atoms with Crippen molar-refractivity contribution < 1.29 is 23.1 Å². The summed E-state index contributed by atoms with van der Waals surface area (Å²) in [7, 11) is -3.78. The molecule has 4 rings (SSSR count). The van der Waals surface area contributed by atoms with Crippen LogP contribution in [0.15, 0.2) is 48.5 Å². The molecule has 2 aliphatic heterocycles. The smallest absolute Gasteiger partial charge is 0.303 e. The third-order valence-corrected chi connectivity index (χ3v) is 8.77. The molecule has 2 aromatic rings. The highest BCUT2D eigenvalue weighted by Crippen LogP contribution is 2.34. The quantitative estimate of drug-likeness (QED) is 0.320. The highest BCUT2D eigenvalue weighted by Gasteiger charge is 2.28. The van der Waals surface area contributed by atoms with Crippen LogP contribution >= 0.6 is 0 Å². The van der Waals surface area contributed by atoms with Crippen LogP contribution in [0, 0.1) is 11.8 Å². The molecule has 0 radical (unpaired) electrons. The predicted molar refractivity (Wildman–Crippen MR) is 149 cm³/mol. The van der Waals surface area contributed by atoms with Crippen LogP contribution in [-0.2, 0) is 20.6 Å². The van der Waals surface area contributed by atoms with Crippen LogP contribution in [0.2, 0.25) is 0 Å². The number of nitrogens with zero attached hydrogens (tertiary/aromatic N) is 1. The molecule has 206 valence electrons. The van der Waals surface area contributed by atoms with Crippen LogP contribution in [0.4, 0.5) is 11.4 Å². The van der Waals surface area contributed by atoms with Crippen molar-refractivity contribution in [3.63, 3.8) is 0 Å². The molecular weight excluding hydrogens is 504 g/mol. The Labute approximate surface area is 225 Å². The molecule has 4 N–H and O–H groups in total. The molecule has 0 unspecified atom stereocenters. The Morgan fingerprint density at radius 1 is 0.974 bits per heavy atom. The molecule has 0 saturated carbocycles. The molecule has 2 aromatic carbocycles. The van der Waals surface area contributed by atoms with Gasteiger partial charge in [-0.05, 0) is 80.8 Å². The summed E-state index contributed by atoms with van der Waals surface area (Å²) in [5.74, 6) is -0.0933. The Balaban J connectivity index is 1.49. The highest BCUT2D eigenvalue weighted by atomic mass is 32.2. The second-order valence-corrected chi connectivity index (χ2v) is 12.0. The number of benzene rings is 2. The number of nitrogens with one attached hydrogen (secondary N) is 3. The summed E-state index contributed by atoms with van der Waals surface area (Å²) in [4.78, 5) is 26.0. The number of carboxylic acids is 1. The third-order valence-electron chi connectivity index (χ3n) is 7.52. The maximum atomic E-state index is 13.1. The van der Waals surface area contributed by atoms with E-state index in [-0.39, 0.29) is 30.0 Å². The van der Waals surface area contributed by atoms with Gasteiger partial charge in [0.1, 0.15) is 0 Å². The third kappa shape index (κ3) is 7.94. The SMILES string of the molecule is O=C(O)CCCNC(=O)c1ccc(N2CCC(C3CCNCC3)CC2)cc1NS(=O)(=O)Cc1ccccc1. The van der Waals surface area contributed by atoms with Crippen LogP contribution in [0.3, 0.4) is 0 Å².